The fraction of sp³-hybridized carbons (Fsp3) is 0.571. The molecule has 0 N–H and O–H groups in total. The third kappa shape index (κ3) is 2.19. The lowest BCUT2D eigenvalue weighted by atomic mass is 9.98. The van der Waals surface area contributed by atoms with E-state index in [4.69, 9.17) is 4.18 Å². The monoisotopic (exact) mass is 266 g/mol. The van der Waals surface area contributed by atoms with Crippen molar-refractivity contribution >= 4 is 10.1 Å². The van der Waals surface area contributed by atoms with E-state index in [0.29, 0.717) is 11.8 Å². The van der Waals surface area contributed by atoms with E-state index in [-0.39, 0.29) is 11.0 Å². The molecule has 18 heavy (non-hydrogen) atoms. The maximum Gasteiger partial charge on any atom is 0.297 e. The summed E-state index contributed by atoms with van der Waals surface area (Å²) in [6, 6.07) is 6.85. The Morgan fingerprint density at radius 2 is 1.83 bits per heavy atom. The minimum absolute atomic E-state index is 0.0879. The summed E-state index contributed by atoms with van der Waals surface area (Å²) in [6.45, 7) is 1.94. The van der Waals surface area contributed by atoms with E-state index in [1.54, 1.807) is 24.3 Å². The zero-order valence-electron chi connectivity index (χ0n) is 10.5. The minimum Gasteiger partial charge on any atom is -0.263 e. The molecule has 3 nitrogen and oxygen atoms in total. The number of hydrogen-bond donors (Lipinski definition) is 0. The fourth-order valence-corrected chi connectivity index (χ4v) is 4.37. The van der Waals surface area contributed by atoms with Gasteiger partial charge in [-0.05, 0) is 56.6 Å². The molecule has 2 saturated carbocycles. The van der Waals surface area contributed by atoms with E-state index in [2.05, 4.69) is 0 Å². The highest BCUT2D eigenvalue weighted by atomic mass is 32.2. The summed E-state index contributed by atoms with van der Waals surface area (Å²) in [7, 11) is -3.58. The summed E-state index contributed by atoms with van der Waals surface area (Å²) in [6.07, 6.45) is 4.34. The van der Waals surface area contributed by atoms with Crippen molar-refractivity contribution in [3.63, 3.8) is 0 Å². The van der Waals surface area contributed by atoms with Gasteiger partial charge in [-0.3, -0.25) is 4.18 Å². The predicted molar refractivity (Wildman–Crippen MR) is 68.7 cm³/mol. The number of aryl methyl sites for hydroxylation is 1. The van der Waals surface area contributed by atoms with Gasteiger partial charge < -0.3 is 0 Å². The second kappa shape index (κ2) is 4.35. The van der Waals surface area contributed by atoms with E-state index < -0.39 is 10.1 Å². The van der Waals surface area contributed by atoms with Crippen molar-refractivity contribution in [1.29, 1.82) is 0 Å². The lowest BCUT2D eigenvalue weighted by molar-refractivity contribution is 0.145. The van der Waals surface area contributed by atoms with Crippen LogP contribution in [0.25, 0.3) is 0 Å². The standard InChI is InChI=1S/C14H18O3S/c1-10-2-6-13(7-3-10)18(15,16)17-14-9-11-4-5-12(14)8-11/h2-3,6-7,11-12,14H,4-5,8-9H2,1H3. The predicted octanol–water partition coefficient (Wildman–Crippen LogP) is 2.89. The van der Waals surface area contributed by atoms with Gasteiger partial charge in [0, 0.05) is 0 Å². The maximum absolute atomic E-state index is 12.2. The van der Waals surface area contributed by atoms with Gasteiger partial charge >= 0.3 is 0 Å². The lowest BCUT2D eigenvalue weighted by Gasteiger charge is -2.21. The van der Waals surface area contributed by atoms with E-state index in [0.717, 1.165) is 24.8 Å². The molecule has 3 atom stereocenters. The molecule has 2 bridgehead atoms. The quantitative estimate of drug-likeness (QED) is 0.790. The first-order chi connectivity index (χ1) is 8.54. The Hall–Kier alpha value is -0.870. The molecule has 2 aliphatic rings. The number of benzene rings is 1. The van der Waals surface area contributed by atoms with E-state index in [9.17, 15) is 8.42 Å². The van der Waals surface area contributed by atoms with Gasteiger partial charge in [0.15, 0.2) is 0 Å². The summed E-state index contributed by atoms with van der Waals surface area (Å²) >= 11 is 0. The summed E-state index contributed by atoms with van der Waals surface area (Å²) in [5, 5.41) is 0. The van der Waals surface area contributed by atoms with Gasteiger partial charge in [-0.25, -0.2) is 0 Å². The number of hydrogen-bond acceptors (Lipinski definition) is 3. The van der Waals surface area contributed by atoms with Crippen LogP contribution in [0.3, 0.4) is 0 Å². The smallest absolute Gasteiger partial charge is 0.263 e. The lowest BCUT2D eigenvalue weighted by Crippen LogP contribution is -2.24. The van der Waals surface area contributed by atoms with Gasteiger partial charge in [-0.15, -0.1) is 0 Å². The molecule has 98 valence electrons. The topological polar surface area (TPSA) is 43.4 Å². The highest BCUT2D eigenvalue weighted by molar-refractivity contribution is 7.86. The molecule has 0 radical (unpaired) electrons. The van der Waals surface area contributed by atoms with Crippen molar-refractivity contribution in [2.24, 2.45) is 11.8 Å². The largest absolute Gasteiger partial charge is 0.297 e. The molecule has 0 saturated heterocycles. The number of rotatable bonds is 3. The Kier molecular flexibility index (Phi) is 2.94. The van der Waals surface area contributed by atoms with E-state index >= 15 is 0 Å². The summed E-state index contributed by atoms with van der Waals surface area (Å²) in [5.74, 6) is 1.14. The van der Waals surface area contributed by atoms with Crippen LogP contribution in [0.5, 0.6) is 0 Å². The first kappa shape index (κ1) is 12.2. The zero-order valence-corrected chi connectivity index (χ0v) is 11.3. The van der Waals surface area contributed by atoms with Gasteiger partial charge in [0.05, 0.1) is 11.0 Å². The van der Waals surface area contributed by atoms with Gasteiger partial charge in [-0.2, -0.15) is 8.42 Å². The summed E-state index contributed by atoms with van der Waals surface area (Å²) in [5.41, 5.74) is 1.05. The molecule has 2 aliphatic carbocycles. The Morgan fingerprint density at radius 3 is 2.39 bits per heavy atom. The Morgan fingerprint density at radius 1 is 1.11 bits per heavy atom. The molecule has 0 heterocycles. The molecule has 3 unspecified atom stereocenters. The first-order valence-corrected chi connectivity index (χ1v) is 7.95. The van der Waals surface area contributed by atoms with Crippen LogP contribution >= 0.6 is 0 Å². The minimum atomic E-state index is -3.58. The van der Waals surface area contributed by atoms with Crippen molar-refractivity contribution in [3.8, 4) is 0 Å². The highest BCUT2D eigenvalue weighted by Gasteiger charge is 2.42. The van der Waals surface area contributed by atoms with Crippen LogP contribution < -0.4 is 0 Å². The molecule has 4 heteroatoms. The Balaban J connectivity index is 1.77. The second-order valence-electron chi connectivity index (χ2n) is 5.58. The Bertz CT molecular complexity index is 533. The molecule has 0 aromatic heterocycles. The van der Waals surface area contributed by atoms with Crippen LogP contribution in [-0.4, -0.2) is 14.5 Å². The highest BCUT2D eigenvalue weighted by Crippen LogP contribution is 2.46. The van der Waals surface area contributed by atoms with Crippen LogP contribution in [0.1, 0.15) is 31.2 Å². The molecular formula is C14H18O3S. The third-order valence-electron chi connectivity index (χ3n) is 4.23. The van der Waals surface area contributed by atoms with E-state index in [1.807, 2.05) is 6.92 Å². The molecule has 0 aliphatic heterocycles. The molecule has 1 aromatic carbocycles. The molecule has 1 aromatic rings. The molecule has 0 amide bonds. The van der Waals surface area contributed by atoms with Gasteiger partial charge in [0.2, 0.25) is 0 Å². The van der Waals surface area contributed by atoms with Crippen molar-refractivity contribution in [2.75, 3.05) is 0 Å². The van der Waals surface area contributed by atoms with Gasteiger partial charge in [0.25, 0.3) is 10.1 Å². The zero-order chi connectivity index (χ0) is 12.8. The number of fused-ring (bicyclic) bond motifs is 2. The Labute approximate surface area is 108 Å². The fourth-order valence-electron chi connectivity index (χ4n) is 3.23. The van der Waals surface area contributed by atoms with Gasteiger partial charge in [0.1, 0.15) is 0 Å². The average molecular weight is 266 g/mol. The van der Waals surface area contributed by atoms with E-state index in [1.165, 1.54) is 6.42 Å². The van der Waals surface area contributed by atoms with Crippen LogP contribution in [0.4, 0.5) is 0 Å². The van der Waals surface area contributed by atoms with Crippen LogP contribution in [-0.2, 0) is 14.3 Å². The van der Waals surface area contributed by atoms with Crippen LogP contribution in [0.2, 0.25) is 0 Å². The summed E-state index contributed by atoms with van der Waals surface area (Å²) < 4.78 is 29.7. The van der Waals surface area contributed by atoms with Gasteiger partial charge in [-0.1, -0.05) is 17.7 Å². The third-order valence-corrected chi connectivity index (χ3v) is 5.58. The molecule has 2 fully saturated rings. The SMILES string of the molecule is Cc1ccc(S(=O)(=O)OC2CC3CCC2C3)cc1. The van der Waals surface area contributed by atoms with Crippen molar-refractivity contribution in [3.05, 3.63) is 29.8 Å². The average Bonchev–Trinajstić information content (AvgIpc) is 2.91. The van der Waals surface area contributed by atoms with Crippen LogP contribution in [0, 0.1) is 18.8 Å². The normalized spacial score (nSPS) is 30.8. The van der Waals surface area contributed by atoms with Crippen molar-refractivity contribution in [1.82, 2.24) is 0 Å². The van der Waals surface area contributed by atoms with Crippen LogP contribution in [0.15, 0.2) is 29.2 Å². The maximum atomic E-state index is 12.2. The molecule has 3 rings (SSSR count). The van der Waals surface area contributed by atoms with Crippen molar-refractivity contribution in [2.45, 2.75) is 43.6 Å². The first-order valence-electron chi connectivity index (χ1n) is 6.54. The molecule has 0 spiro atoms. The van der Waals surface area contributed by atoms with Crippen molar-refractivity contribution < 1.29 is 12.6 Å². The molecular weight excluding hydrogens is 248 g/mol. The summed E-state index contributed by atoms with van der Waals surface area (Å²) in [4.78, 5) is 0.274. The second-order valence-corrected chi connectivity index (χ2v) is 7.15.